The number of likely N-dealkylation sites (tertiary alicyclic amines) is 1. The molecule has 150 valence electrons. The van der Waals surface area contributed by atoms with Crippen LogP contribution in [0.15, 0.2) is 51.9 Å². The van der Waals surface area contributed by atoms with Gasteiger partial charge in [-0.2, -0.15) is 0 Å². The van der Waals surface area contributed by atoms with Crippen LogP contribution in [0.1, 0.15) is 24.0 Å². The molecule has 5 nitrogen and oxygen atoms in total. The summed E-state index contributed by atoms with van der Waals surface area (Å²) < 4.78 is 14.5. The van der Waals surface area contributed by atoms with Gasteiger partial charge < -0.3 is 15.7 Å². The number of aliphatic imine (C=N–C) groups is 1. The molecule has 0 saturated carbocycles. The highest BCUT2D eigenvalue weighted by Crippen LogP contribution is 2.17. The second-order valence-electron chi connectivity index (χ2n) is 7.03. The number of hydrogen-bond acceptors (Lipinski definition) is 3. The number of benzene rings is 2. The first-order valence-corrected chi connectivity index (χ1v) is 10.2. The van der Waals surface area contributed by atoms with E-state index in [2.05, 4.69) is 60.7 Å². The standard InChI is InChI=1S/C21H26BrFN4O/c1-24-21(25-13-16-4-7-20(28)19(23)12-16)26-18-8-10-27(11-9-18)14-15-2-5-17(22)6-3-15/h2-7,12,18,28H,8-11,13-14H2,1H3,(H2,24,25,26). The number of halogens is 2. The molecule has 28 heavy (non-hydrogen) atoms. The molecule has 1 aliphatic heterocycles. The van der Waals surface area contributed by atoms with Crippen LogP contribution in [0, 0.1) is 5.82 Å². The summed E-state index contributed by atoms with van der Waals surface area (Å²) in [6.07, 6.45) is 2.09. The molecule has 1 fully saturated rings. The van der Waals surface area contributed by atoms with Gasteiger partial charge >= 0.3 is 0 Å². The second kappa shape index (κ2) is 9.89. The van der Waals surface area contributed by atoms with Crippen LogP contribution < -0.4 is 10.6 Å². The largest absolute Gasteiger partial charge is 0.505 e. The van der Waals surface area contributed by atoms with Gasteiger partial charge in [0, 0.05) is 43.7 Å². The van der Waals surface area contributed by atoms with Crippen LogP contribution in [0.5, 0.6) is 5.75 Å². The van der Waals surface area contributed by atoms with Crippen LogP contribution in [0.25, 0.3) is 0 Å². The zero-order valence-electron chi connectivity index (χ0n) is 16.0. The Morgan fingerprint density at radius 3 is 2.50 bits per heavy atom. The van der Waals surface area contributed by atoms with E-state index in [0.29, 0.717) is 18.5 Å². The summed E-state index contributed by atoms with van der Waals surface area (Å²) in [6, 6.07) is 13.2. The van der Waals surface area contributed by atoms with E-state index in [4.69, 9.17) is 0 Å². The van der Waals surface area contributed by atoms with Crippen molar-refractivity contribution in [1.82, 2.24) is 15.5 Å². The molecule has 2 aromatic rings. The van der Waals surface area contributed by atoms with Crippen molar-refractivity contribution < 1.29 is 9.50 Å². The normalized spacial score (nSPS) is 16.2. The van der Waals surface area contributed by atoms with Crippen LogP contribution in [-0.2, 0) is 13.1 Å². The Bertz CT molecular complexity index is 805. The third-order valence-corrected chi connectivity index (χ3v) is 5.47. The number of piperidine rings is 1. The average Bonchev–Trinajstić information content (AvgIpc) is 2.70. The summed E-state index contributed by atoms with van der Waals surface area (Å²) in [5.74, 6) is -0.235. The molecule has 0 spiro atoms. The zero-order chi connectivity index (χ0) is 19.9. The van der Waals surface area contributed by atoms with E-state index in [1.165, 1.54) is 17.7 Å². The van der Waals surface area contributed by atoms with E-state index >= 15 is 0 Å². The van der Waals surface area contributed by atoms with Gasteiger partial charge in [-0.1, -0.05) is 34.1 Å². The smallest absolute Gasteiger partial charge is 0.191 e. The van der Waals surface area contributed by atoms with Gasteiger partial charge in [0.05, 0.1) is 0 Å². The Morgan fingerprint density at radius 1 is 1.18 bits per heavy atom. The lowest BCUT2D eigenvalue weighted by molar-refractivity contribution is 0.198. The highest BCUT2D eigenvalue weighted by molar-refractivity contribution is 9.10. The molecule has 0 atom stereocenters. The first-order chi connectivity index (χ1) is 13.5. The quantitative estimate of drug-likeness (QED) is 0.482. The lowest BCUT2D eigenvalue weighted by atomic mass is 10.0. The van der Waals surface area contributed by atoms with Crippen LogP contribution in [0.3, 0.4) is 0 Å². The van der Waals surface area contributed by atoms with Gasteiger partial charge in [0.15, 0.2) is 17.5 Å². The molecule has 7 heteroatoms. The molecule has 0 aromatic heterocycles. The van der Waals surface area contributed by atoms with Crippen molar-refractivity contribution in [3.05, 3.63) is 63.9 Å². The maximum absolute atomic E-state index is 13.4. The van der Waals surface area contributed by atoms with Crippen molar-refractivity contribution in [1.29, 1.82) is 0 Å². The first-order valence-electron chi connectivity index (χ1n) is 9.45. The van der Waals surface area contributed by atoms with E-state index in [-0.39, 0.29) is 5.75 Å². The molecule has 0 bridgehead atoms. The monoisotopic (exact) mass is 448 g/mol. The van der Waals surface area contributed by atoms with E-state index in [9.17, 15) is 9.50 Å². The van der Waals surface area contributed by atoms with Crippen LogP contribution in [0.4, 0.5) is 4.39 Å². The van der Waals surface area contributed by atoms with Crippen molar-refractivity contribution in [2.24, 2.45) is 4.99 Å². The third kappa shape index (κ3) is 5.94. The topological polar surface area (TPSA) is 59.9 Å². The fourth-order valence-corrected chi connectivity index (χ4v) is 3.58. The van der Waals surface area contributed by atoms with E-state index in [0.717, 1.165) is 42.5 Å². The fourth-order valence-electron chi connectivity index (χ4n) is 3.32. The number of guanidine groups is 1. The molecular formula is C21H26BrFN4O. The third-order valence-electron chi connectivity index (χ3n) is 4.94. The zero-order valence-corrected chi connectivity index (χ0v) is 17.5. The van der Waals surface area contributed by atoms with Gasteiger partial charge in [-0.15, -0.1) is 0 Å². The summed E-state index contributed by atoms with van der Waals surface area (Å²) in [5, 5.41) is 15.9. The number of phenols is 1. The minimum Gasteiger partial charge on any atom is -0.505 e. The van der Waals surface area contributed by atoms with Crippen molar-refractivity contribution >= 4 is 21.9 Å². The van der Waals surface area contributed by atoms with Crippen LogP contribution >= 0.6 is 15.9 Å². The summed E-state index contributed by atoms with van der Waals surface area (Å²) in [4.78, 5) is 6.73. The second-order valence-corrected chi connectivity index (χ2v) is 7.95. The molecule has 0 radical (unpaired) electrons. The summed E-state index contributed by atoms with van der Waals surface area (Å²) in [5.41, 5.74) is 2.08. The fraction of sp³-hybridized carbons (Fsp3) is 0.381. The number of nitrogens with one attached hydrogen (secondary N) is 2. The van der Waals surface area contributed by atoms with Gasteiger partial charge in [-0.05, 0) is 48.2 Å². The maximum Gasteiger partial charge on any atom is 0.191 e. The van der Waals surface area contributed by atoms with Crippen molar-refractivity contribution in [3.8, 4) is 5.75 Å². The lowest BCUT2D eigenvalue weighted by Crippen LogP contribution is -2.48. The lowest BCUT2D eigenvalue weighted by Gasteiger charge is -2.33. The molecule has 0 aliphatic carbocycles. The number of nitrogens with zero attached hydrogens (tertiary/aromatic N) is 2. The van der Waals surface area contributed by atoms with Gasteiger partial charge in [-0.25, -0.2) is 4.39 Å². The SMILES string of the molecule is CN=C(NCc1ccc(O)c(F)c1)NC1CCN(Cc2ccc(Br)cc2)CC1. The van der Waals surface area contributed by atoms with Crippen molar-refractivity contribution in [2.45, 2.75) is 32.0 Å². The molecular weight excluding hydrogens is 423 g/mol. The van der Waals surface area contributed by atoms with Gasteiger partial charge in [0.25, 0.3) is 0 Å². The summed E-state index contributed by atoms with van der Waals surface area (Å²) >= 11 is 3.47. The molecule has 0 unspecified atom stereocenters. The molecule has 0 amide bonds. The Morgan fingerprint density at radius 2 is 1.86 bits per heavy atom. The van der Waals surface area contributed by atoms with Crippen molar-refractivity contribution in [3.63, 3.8) is 0 Å². The van der Waals surface area contributed by atoms with E-state index < -0.39 is 5.82 Å². The summed E-state index contributed by atoms with van der Waals surface area (Å²) in [7, 11) is 1.73. The van der Waals surface area contributed by atoms with Crippen LogP contribution in [-0.4, -0.2) is 42.1 Å². The van der Waals surface area contributed by atoms with E-state index in [1.54, 1.807) is 13.1 Å². The Labute approximate surface area is 173 Å². The highest BCUT2D eigenvalue weighted by Gasteiger charge is 2.20. The average molecular weight is 449 g/mol. The number of hydrogen-bond donors (Lipinski definition) is 3. The Hall–Kier alpha value is -2.12. The van der Waals surface area contributed by atoms with Gasteiger partial charge in [-0.3, -0.25) is 9.89 Å². The Kier molecular flexibility index (Phi) is 7.28. The number of phenolic OH excluding ortho intramolecular Hbond substituents is 1. The minimum absolute atomic E-state index is 0.332. The number of rotatable bonds is 5. The molecule has 1 aliphatic rings. The predicted molar refractivity (Wildman–Crippen MR) is 114 cm³/mol. The first kappa shape index (κ1) is 20.6. The molecule has 1 saturated heterocycles. The highest BCUT2D eigenvalue weighted by atomic mass is 79.9. The molecule has 1 heterocycles. The molecule has 2 aromatic carbocycles. The van der Waals surface area contributed by atoms with E-state index in [1.807, 2.05) is 0 Å². The van der Waals surface area contributed by atoms with Gasteiger partial charge in [0.1, 0.15) is 0 Å². The minimum atomic E-state index is -0.611. The van der Waals surface area contributed by atoms with Gasteiger partial charge in [0.2, 0.25) is 0 Å². The predicted octanol–water partition coefficient (Wildman–Crippen LogP) is 3.62. The van der Waals surface area contributed by atoms with Crippen LogP contribution in [0.2, 0.25) is 0 Å². The molecule has 3 N–H and O–H groups in total. The maximum atomic E-state index is 13.4. The Balaban J connectivity index is 1.43. The van der Waals surface area contributed by atoms with Crippen molar-refractivity contribution in [2.75, 3.05) is 20.1 Å². The summed E-state index contributed by atoms with van der Waals surface area (Å²) in [6.45, 7) is 3.49. The molecule has 3 rings (SSSR count). The number of aromatic hydroxyl groups is 1.